The third-order valence-electron chi connectivity index (χ3n) is 7.54. The number of anilines is 1. The Morgan fingerprint density at radius 2 is 2.08 bits per heavy atom. The summed E-state index contributed by atoms with van der Waals surface area (Å²) >= 11 is 1.49. The minimum Gasteiger partial charge on any atom is -0.466 e. The minimum absolute atomic E-state index is 0.229. The molecule has 37 heavy (non-hydrogen) atoms. The molecule has 1 fully saturated rings. The Morgan fingerprint density at radius 1 is 1.30 bits per heavy atom. The number of piperazine rings is 1. The second-order valence-corrected chi connectivity index (χ2v) is 12.0. The first-order valence-corrected chi connectivity index (χ1v) is 14.2. The average molecular weight is 522 g/mol. The van der Waals surface area contributed by atoms with Crippen molar-refractivity contribution in [2.45, 2.75) is 81.7 Å². The molecule has 3 heterocycles. The van der Waals surface area contributed by atoms with Gasteiger partial charge in [0.25, 0.3) is 0 Å². The van der Waals surface area contributed by atoms with Gasteiger partial charge < -0.3 is 19.3 Å². The molecule has 1 spiro atoms. The van der Waals surface area contributed by atoms with Crippen LogP contribution in [-0.2, 0) is 16.8 Å². The molecule has 8 nitrogen and oxygen atoms in total. The molecule has 0 radical (unpaired) electrons. The summed E-state index contributed by atoms with van der Waals surface area (Å²) in [5.74, 6) is 1.96. The van der Waals surface area contributed by atoms with Crippen molar-refractivity contribution in [1.29, 1.82) is 5.26 Å². The Bertz CT molecular complexity index is 1240. The minimum atomic E-state index is -0.589. The number of nitriles is 1. The Labute approximate surface area is 223 Å². The standard InChI is InChI=1S/C28H35N5O3S/c1-18-16-28(22-9-7-6-8-20(18)22)12-10-21-23(30-25(37-5)31-24(21)35-28)32-14-15-33(19(17-32)11-13-29)26(34)36-27(2,3)4/h6-9,18-19H,10-12,14-17H2,1-5H3/t18?,19-,28?/m0/s1. The van der Waals surface area contributed by atoms with E-state index in [1.54, 1.807) is 4.90 Å². The number of carbonyl (C=O) groups is 1. The molecule has 9 heteroatoms. The maximum Gasteiger partial charge on any atom is 0.410 e. The second kappa shape index (κ2) is 9.71. The van der Waals surface area contributed by atoms with E-state index in [2.05, 4.69) is 42.2 Å². The fraction of sp³-hybridized carbons (Fsp3) is 0.571. The van der Waals surface area contributed by atoms with Crippen LogP contribution < -0.4 is 9.64 Å². The molecule has 196 valence electrons. The molecule has 2 unspecified atom stereocenters. The molecule has 1 aromatic heterocycles. The number of carbonyl (C=O) groups excluding carboxylic acids is 1. The van der Waals surface area contributed by atoms with Gasteiger partial charge in [0.1, 0.15) is 17.0 Å². The predicted octanol–water partition coefficient (Wildman–Crippen LogP) is 5.27. The molecule has 1 saturated heterocycles. The van der Waals surface area contributed by atoms with Crippen LogP contribution in [0.1, 0.15) is 69.6 Å². The van der Waals surface area contributed by atoms with Crippen molar-refractivity contribution in [2.24, 2.45) is 0 Å². The van der Waals surface area contributed by atoms with E-state index in [4.69, 9.17) is 19.4 Å². The SMILES string of the molecule is CSc1nc2c(c(N3CCN(C(=O)OC(C)(C)C)[C@@H](CC#N)C3)n1)CCC1(CC(C)c3ccccc31)O2. The molecule has 0 bridgehead atoms. The molecular formula is C28H35N5O3S. The predicted molar refractivity (Wildman–Crippen MR) is 143 cm³/mol. The third-order valence-corrected chi connectivity index (χ3v) is 8.08. The number of rotatable bonds is 3. The van der Waals surface area contributed by atoms with E-state index in [0.29, 0.717) is 36.6 Å². The van der Waals surface area contributed by atoms with Crippen molar-refractivity contribution >= 4 is 23.7 Å². The molecule has 0 N–H and O–H groups in total. The Kier molecular flexibility index (Phi) is 6.73. The lowest BCUT2D eigenvalue weighted by Gasteiger charge is -2.43. The van der Waals surface area contributed by atoms with Crippen LogP contribution in [-0.4, -0.2) is 58.5 Å². The van der Waals surface area contributed by atoms with Gasteiger partial charge in [0.15, 0.2) is 5.16 Å². The Morgan fingerprint density at radius 3 is 2.81 bits per heavy atom. The summed E-state index contributed by atoms with van der Waals surface area (Å²) in [4.78, 5) is 26.5. The zero-order valence-corrected chi connectivity index (χ0v) is 23.1. The van der Waals surface area contributed by atoms with Crippen molar-refractivity contribution in [2.75, 3.05) is 30.8 Å². The van der Waals surface area contributed by atoms with Gasteiger partial charge in [-0.25, -0.2) is 9.78 Å². The van der Waals surface area contributed by atoms with Crippen molar-refractivity contribution in [3.63, 3.8) is 0 Å². The Balaban J connectivity index is 1.44. The first-order chi connectivity index (χ1) is 17.6. The molecule has 5 rings (SSSR count). The normalized spacial score (nSPS) is 24.8. The van der Waals surface area contributed by atoms with Crippen LogP contribution in [0.3, 0.4) is 0 Å². The fourth-order valence-electron chi connectivity index (χ4n) is 5.93. The van der Waals surface area contributed by atoms with Gasteiger partial charge in [0.05, 0.1) is 24.1 Å². The first-order valence-electron chi connectivity index (χ1n) is 13.0. The number of hydrogen-bond acceptors (Lipinski definition) is 8. The molecule has 1 amide bonds. The highest BCUT2D eigenvalue weighted by Gasteiger charge is 2.47. The Hall–Kier alpha value is -2.99. The lowest BCUT2D eigenvalue weighted by atomic mass is 9.86. The summed E-state index contributed by atoms with van der Waals surface area (Å²) in [6.45, 7) is 9.41. The van der Waals surface area contributed by atoms with E-state index in [1.807, 2.05) is 27.0 Å². The highest BCUT2D eigenvalue weighted by atomic mass is 32.2. The summed E-state index contributed by atoms with van der Waals surface area (Å²) in [5.41, 5.74) is 2.71. The van der Waals surface area contributed by atoms with Crippen LogP contribution in [0.2, 0.25) is 0 Å². The second-order valence-electron chi connectivity index (χ2n) is 11.2. The maximum atomic E-state index is 12.9. The number of thioether (sulfide) groups is 1. The number of hydrogen-bond donors (Lipinski definition) is 0. The molecule has 3 aliphatic rings. The zero-order chi connectivity index (χ0) is 26.4. The van der Waals surface area contributed by atoms with E-state index in [9.17, 15) is 10.1 Å². The summed E-state index contributed by atoms with van der Waals surface area (Å²) < 4.78 is 12.4. The molecule has 2 aliphatic heterocycles. The number of aromatic nitrogens is 2. The number of nitrogens with zero attached hydrogens (tertiary/aromatic N) is 5. The van der Waals surface area contributed by atoms with Crippen LogP contribution >= 0.6 is 11.8 Å². The fourth-order valence-corrected chi connectivity index (χ4v) is 6.28. The van der Waals surface area contributed by atoms with Crippen molar-refractivity contribution < 1.29 is 14.3 Å². The summed E-state index contributed by atoms with van der Waals surface area (Å²) in [6, 6.07) is 10.6. The van der Waals surface area contributed by atoms with E-state index in [1.165, 1.54) is 22.9 Å². The van der Waals surface area contributed by atoms with Gasteiger partial charge in [0, 0.05) is 19.6 Å². The number of benzene rings is 1. The average Bonchev–Trinajstić information content (AvgIpc) is 3.13. The molecule has 0 saturated carbocycles. The van der Waals surface area contributed by atoms with Gasteiger partial charge >= 0.3 is 6.09 Å². The van der Waals surface area contributed by atoms with Gasteiger partial charge in [-0.05, 0) is 63.3 Å². The first kappa shape index (κ1) is 25.7. The van der Waals surface area contributed by atoms with Crippen LogP contribution in [0.25, 0.3) is 0 Å². The summed E-state index contributed by atoms with van der Waals surface area (Å²) in [6.07, 6.45) is 4.45. The number of fused-ring (bicyclic) bond motifs is 3. The van der Waals surface area contributed by atoms with Crippen molar-refractivity contribution in [3.8, 4) is 11.9 Å². The van der Waals surface area contributed by atoms with E-state index < -0.39 is 5.60 Å². The lowest BCUT2D eigenvalue weighted by Crippen LogP contribution is -2.56. The maximum absolute atomic E-state index is 12.9. The molecule has 1 aromatic carbocycles. The van der Waals surface area contributed by atoms with Gasteiger partial charge in [0.2, 0.25) is 5.88 Å². The van der Waals surface area contributed by atoms with Gasteiger partial charge in [-0.3, -0.25) is 0 Å². The highest BCUT2D eigenvalue weighted by Crippen LogP contribution is 2.52. The van der Waals surface area contributed by atoms with Gasteiger partial charge in [-0.15, -0.1) is 0 Å². The zero-order valence-electron chi connectivity index (χ0n) is 22.3. The van der Waals surface area contributed by atoms with Crippen LogP contribution in [0.4, 0.5) is 10.6 Å². The lowest BCUT2D eigenvalue weighted by molar-refractivity contribution is 0.0142. The van der Waals surface area contributed by atoms with E-state index in [-0.39, 0.29) is 24.2 Å². The molecule has 2 aromatic rings. The van der Waals surface area contributed by atoms with Crippen molar-refractivity contribution in [1.82, 2.24) is 14.9 Å². The van der Waals surface area contributed by atoms with Crippen molar-refractivity contribution in [3.05, 3.63) is 41.0 Å². The molecular weight excluding hydrogens is 486 g/mol. The topological polar surface area (TPSA) is 91.6 Å². The largest absolute Gasteiger partial charge is 0.466 e. The molecule has 3 atom stereocenters. The van der Waals surface area contributed by atoms with Gasteiger partial charge in [-0.1, -0.05) is 43.0 Å². The number of ether oxygens (including phenoxy) is 2. The van der Waals surface area contributed by atoms with Crippen LogP contribution in [0.5, 0.6) is 5.88 Å². The van der Waals surface area contributed by atoms with Gasteiger partial charge in [-0.2, -0.15) is 10.2 Å². The molecule has 1 aliphatic carbocycles. The van der Waals surface area contributed by atoms with Crippen LogP contribution in [0.15, 0.2) is 29.4 Å². The van der Waals surface area contributed by atoms with Crippen LogP contribution in [0, 0.1) is 11.3 Å². The number of amides is 1. The van der Waals surface area contributed by atoms with E-state index >= 15 is 0 Å². The monoisotopic (exact) mass is 521 g/mol. The highest BCUT2D eigenvalue weighted by molar-refractivity contribution is 7.98. The van der Waals surface area contributed by atoms with E-state index in [0.717, 1.165) is 30.6 Å². The quantitative estimate of drug-likeness (QED) is 0.399. The third kappa shape index (κ3) is 4.84. The summed E-state index contributed by atoms with van der Waals surface area (Å²) in [7, 11) is 0. The summed E-state index contributed by atoms with van der Waals surface area (Å²) in [5, 5.41) is 10.2. The smallest absolute Gasteiger partial charge is 0.410 e.